The Morgan fingerprint density at radius 1 is 1.16 bits per heavy atom. The molecule has 0 aliphatic carbocycles. The van der Waals surface area contributed by atoms with E-state index in [4.69, 9.17) is 4.74 Å². The van der Waals surface area contributed by atoms with Gasteiger partial charge in [-0.25, -0.2) is 0 Å². The van der Waals surface area contributed by atoms with Gasteiger partial charge in [0.25, 0.3) is 5.91 Å². The van der Waals surface area contributed by atoms with Crippen LogP contribution in [-0.2, 0) is 11.2 Å². The molecule has 2 aromatic rings. The number of hydrogen-bond acceptors (Lipinski definition) is 3. The van der Waals surface area contributed by atoms with Crippen molar-refractivity contribution < 1.29 is 9.53 Å². The molecule has 134 valence electrons. The van der Waals surface area contributed by atoms with Gasteiger partial charge in [0.05, 0.1) is 0 Å². The summed E-state index contributed by atoms with van der Waals surface area (Å²) in [5.41, 5.74) is 2.33. The fourth-order valence-electron chi connectivity index (χ4n) is 3.04. The molecule has 1 fully saturated rings. The summed E-state index contributed by atoms with van der Waals surface area (Å²) in [5, 5.41) is 3.29. The Balaban J connectivity index is 0.00000225. The number of rotatable bonds is 5. The van der Waals surface area contributed by atoms with Crippen LogP contribution in [0.25, 0.3) is 0 Å². The molecule has 0 spiro atoms. The molecular weight excluding hydrogens is 336 g/mol. The van der Waals surface area contributed by atoms with Gasteiger partial charge in [-0.15, -0.1) is 12.4 Å². The van der Waals surface area contributed by atoms with Crippen molar-refractivity contribution >= 4 is 18.3 Å². The van der Waals surface area contributed by atoms with E-state index in [1.807, 2.05) is 41.3 Å². The first-order valence-electron chi connectivity index (χ1n) is 8.49. The van der Waals surface area contributed by atoms with Crippen LogP contribution >= 0.6 is 12.4 Å². The number of amides is 1. The number of carbonyl (C=O) groups excluding carboxylic acids is 1. The predicted octanol–water partition coefficient (Wildman–Crippen LogP) is 2.90. The monoisotopic (exact) mass is 360 g/mol. The SMILES string of the molecule is C[C@@H]1CNCCN1C(=O)COc1ccccc1Cc1ccccc1.Cl. The molecule has 1 atom stereocenters. The number of nitrogens with zero attached hydrogens (tertiary/aromatic N) is 1. The number of nitrogens with one attached hydrogen (secondary N) is 1. The van der Waals surface area contributed by atoms with Crippen LogP contribution in [0.1, 0.15) is 18.1 Å². The average Bonchev–Trinajstić information content (AvgIpc) is 2.62. The van der Waals surface area contributed by atoms with E-state index in [1.165, 1.54) is 5.56 Å². The maximum Gasteiger partial charge on any atom is 0.260 e. The predicted molar refractivity (Wildman–Crippen MR) is 102 cm³/mol. The molecule has 1 aliphatic rings. The molecule has 3 rings (SSSR count). The second kappa shape index (κ2) is 9.44. The minimum Gasteiger partial charge on any atom is -0.483 e. The van der Waals surface area contributed by atoms with Crippen LogP contribution in [0.4, 0.5) is 0 Å². The molecule has 0 bridgehead atoms. The summed E-state index contributed by atoms with van der Waals surface area (Å²) < 4.78 is 5.86. The lowest BCUT2D eigenvalue weighted by Gasteiger charge is -2.33. The lowest BCUT2D eigenvalue weighted by Crippen LogP contribution is -2.53. The third kappa shape index (κ3) is 5.21. The Bertz CT molecular complexity index is 678. The topological polar surface area (TPSA) is 41.6 Å². The minimum absolute atomic E-state index is 0. The van der Waals surface area contributed by atoms with Crippen LogP contribution in [0.3, 0.4) is 0 Å². The molecule has 5 heteroatoms. The molecule has 1 amide bonds. The van der Waals surface area contributed by atoms with Gasteiger partial charge in [0.2, 0.25) is 0 Å². The second-order valence-corrected chi connectivity index (χ2v) is 6.20. The number of ether oxygens (including phenoxy) is 1. The lowest BCUT2D eigenvalue weighted by molar-refractivity contribution is -0.136. The van der Waals surface area contributed by atoms with Crippen molar-refractivity contribution in [2.75, 3.05) is 26.2 Å². The van der Waals surface area contributed by atoms with E-state index < -0.39 is 0 Å². The van der Waals surface area contributed by atoms with Crippen molar-refractivity contribution in [2.45, 2.75) is 19.4 Å². The van der Waals surface area contributed by atoms with Crippen molar-refractivity contribution in [3.63, 3.8) is 0 Å². The van der Waals surface area contributed by atoms with Crippen molar-refractivity contribution in [1.29, 1.82) is 0 Å². The van der Waals surface area contributed by atoms with Crippen LogP contribution in [0.15, 0.2) is 54.6 Å². The highest BCUT2D eigenvalue weighted by Crippen LogP contribution is 2.21. The third-order valence-corrected chi connectivity index (χ3v) is 4.38. The smallest absolute Gasteiger partial charge is 0.260 e. The Morgan fingerprint density at radius 3 is 2.64 bits per heavy atom. The van der Waals surface area contributed by atoms with Crippen LogP contribution in [0.2, 0.25) is 0 Å². The molecule has 1 heterocycles. The first-order valence-corrected chi connectivity index (χ1v) is 8.49. The Labute approximate surface area is 155 Å². The van der Waals surface area contributed by atoms with Crippen LogP contribution in [0.5, 0.6) is 5.75 Å². The van der Waals surface area contributed by atoms with Crippen LogP contribution in [0, 0.1) is 0 Å². The van der Waals surface area contributed by atoms with Gasteiger partial charge in [0.1, 0.15) is 5.75 Å². The first kappa shape index (κ1) is 19.3. The molecule has 2 aromatic carbocycles. The van der Waals surface area contributed by atoms with Gasteiger partial charge in [-0.05, 0) is 24.1 Å². The van der Waals surface area contributed by atoms with E-state index in [2.05, 4.69) is 30.4 Å². The molecule has 1 saturated heterocycles. The van der Waals surface area contributed by atoms with Gasteiger partial charge in [-0.2, -0.15) is 0 Å². The normalized spacial score (nSPS) is 16.8. The highest BCUT2D eigenvalue weighted by atomic mass is 35.5. The van der Waals surface area contributed by atoms with Gasteiger partial charge >= 0.3 is 0 Å². The van der Waals surface area contributed by atoms with Crippen molar-refractivity contribution in [3.8, 4) is 5.75 Å². The van der Waals surface area contributed by atoms with Crippen molar-refractivity contribution in [2.24, 2.45) is 0 Å². The highest BCUT2D eigenvalue weighted by molar-refractivity contribution is 5.85. The Morgan fingerprint density at radius 2 is 1.88 bits per heavy atom. The number of carbonyl (C=O) groups is 1. The molecule has 0 unspecified atom stereocenters. The molecule has 4 nitrogen and oxygen atoms in total. The van der Waals surface area contributed by atoms with Crippen LogP contribution < -0.4 is 10.1 Å². The average molecular weight is 361 g/mol. The van der Waals surface area contributed by atoms with E-state index in [1.54, 1.807) is 0 Å². The molecule has 1 N–H and O–H groups in total. The highest BCUT2D eigenvalue weighted by Gasteiger charge is 2.23. The largest absolute Gasteiger partial charge is 0.483 e. The van der Waals surface area contributed by atoms with Gasteiger partial charge in [0.15, 0.2) is 6.61 Å². The van der Waals surface area contributed by atoms with E-state index in [0.717, 1.165) is 37.4 Å². The molecule has 25 heavy (non-hydrogen) atoms. The number of piperazine rings is 1. The number of halogens is 1. The maximum atomic E-state index is 12.4. The van der Waals surface area contributed by atoms with Gasteiger partial charge in [0, 0.05) is 32.1 Å². The summed E-state index contributed by atoms with van der Waals surface area (Å²) in [4.78, 5) is 14.3. The quantitative estimate of drug-likeness (QED) is 0.891. The number of benzene rings is 2. The minimum atomic E-state index is 0. The van der Waals surface area contributed by atoms with Gasteiger partial charge in [-0.3, -0.25) is 4.79 Å². The van der Waals surface area contributed by atoms with Crippen molar-refractivity contribution in [1.82, 2.24) is 10.2 Å². The third-order valence-electron chi connectivity index (χ3n) is 4.38. The zero-order valence-electron chi connectivity index (χ0n) is 14.5. The van der Waals surface area contributed by atoms with E-state index in [9.17, 15) is 4.79 Å². The Hall–Kier alpha value is -2.04. The number of hydrogen-bond donors (Lipinski definition) is 1. The molecule has 0 saturated carbocycles. The van der Waals surface area contributed by atoms with Gasteiger partial charge in [-0.1, -0.05) is 48.5 Å². The molecular formula is C20H25ClN2O2. The first-order chi connectivity index (χ1) is 11.7. The van der Waals surface area contributed by atoms with E-state index >= 15 is 0 Å². The standard InChI is InChI=1S/C20H24N2O2.ClH/c1-16-14-21-11-12-22(16)20(23)15-24-19-10-6-5-9-18(19)13-17-7-3-2-4-8-17;/h2-10,16,21H,11-15H2,1H3;1H/t16-;/m1./s1. The summed E-state index contributed by atoms with van der Waals surface area (Å²) in [6, 6.07) is 18.4. The molecule has 1 aliphatic heterocycles. The fourth-order valence-corrected chi connectivity index (χ4v) is 3.04. The number of para-hydroxylation sites is 1. The lowest BCUT2D eigenvalue weighted by atomic mass is 10.0. The molecule has 0 aromatic heterocycles. The second-order valence-electron chi connectivity index (χ2n) is 6.20. The molecule has 0 radical (unpaired) electrons. The van der Waals surface area contributed by atoms with E-state index in [0.29, 0.717) is 0 Å². The van der Waals surface area contributed by atoms with E-state index in [-0.39, 0.29) is 31.0 Å². The Kier molecular flexibility index (Phi) is 7.29. The maximum absolute atomic E-state index is 12.4. The summed E-state index contributed by atoms with van der Waals surface area (Å²) in [7, 11) is 0. The summed E-state index contributed by atoms with van der Waals surface area (Å²) in [6.45, 7) is 4.59. The fraction of sp³-hybridized carbons (Fsp3) is 0.350. The zero-order chi connectivity index (χ0) is 16.8. The van der Waals surface area contributed by atoms with Crippen molar-refractivity contribution in [3.05, 3.63) is 65.7 Å². The zero-order valence-corrected chi connectivity index (χ0v) is 15.3. The summed E-state index contributed by atoms with van der Waals surface area (Å²) in [5.74, 6) is 0.844. The summed E-state index contributed by atoms with van der Waals surface area (Å²) >= 11 is 0. The van der Waals surface area contributed by atoms with Crippen LogP contribution in [-0.4, -0.2) is 43.1 Å². The van der Waals surface area contributed by atoms with Gasteiger partial charge < -0.3 is 15.0 Å². The summed E-state index contributed by atoms with van der Waals surface area (Å²) in [6.07, 6.45) is 0.801.